The Labute approximate surface area is 125 Å². The molecule has 0 spiro atoms. The quantitative estimate of drug-likeness (QED) is 0.897. The highest BCUT2D eigenvalue weighted by atomic mass is 35.5. The van der Waals surface area contributed by atoms with Gasteiger partial charge in [0.25, 0.3) is 0 Å². The monoisotopic (exact) mass is 294 g/mol. The third-order valence-corrected chi connectivity index (χ3v) is 4.63. The summed E-state index contributed by atoms with van der Waals surface area (Å²) in [6.45, 7) is 4.01. The van der Waals surface area contributed by atoms with Crippen LogP contribution in [0.5, 0.6) is 0 Å². The Kier molecular flexibility index (Phi) is 4.71. The fourth-order valence-corrected chi connectivity index (χ4v) is 3.01. The van der Waals surface area contributed by atoms with E-state index >= 15 is 0 Å². The van der Waals surface area contributed by atoms with Crippen molar-refractivity contribution in [3.05, 3.63) is 34.9 Å². The first-order valence-electron chi connectivity index (χ1n) is 7.23. The van der Waals surface area contributed by atoms with E-state index in [9.17, 15) is 4.79 Å². The number of rotatable bonds is 4. The average Bonchev–Trinajstić information content (AvgIpc) is 2.74. The highest BCUT2D eigenvalue weighted by Gasteiger charge is 2.43. The maximum atomic E-state index is 12.4. The number of hydrogen-bond donors (Lipinski definition) is 2. The van der Waals surface area contributed by atoms with Gasteiger partial charge in [0.05, 0.1) is 5.41 Å². The first-order chi connectivity index (χ1) is 9.41. The van der Waals surface area contributed by atoms with E-state index < -0.39 is 5.41 Å². The Morgan fingerprint density at radius 3 is 2.70 bits per heavy atom. The lowest BCUT2D eigenvalue weighted by Crippen LogP contribution is -2.50. The van der Waals surface area contributed by atoms with Gasteiger partial charge in [0.15, 0.2) is 0 Å². The van der Waals surface area contributed by atoms with Crippen molar-refractivity contribution in [3.63, 3.8) is 0 Å². The summed E-state index contributed by atoms with van der Waals surface area (Å²) >= 11 is 5.87. The van der Waals surface area contributed by atoms with Crippen molar-refractivity contribution in [1.82, 2.24) is 5.32 Å². The molecule has 0 aliphatic heterocycles. The van der Waals surface area contributed by atoms with E-state index in [-0.39, 0.29) is 18.0 Å². The minimum absolute atomic E-state index is 0.0229. The molecule has 1 saturated carbocycles. The number of nitrogens with one attached hydrogen (secondary N) is 1. The molecule has 3 unspecified atom stereocenters. The van der Waals surface area contributed by atoms with E-state index in [1.165, 1.54) is 5.56 Å². The van der Waals surface area contributed by atoms with Gasteiger partial charge in [0, 0.05) is 17.1 Å². The zero-order chi connectivity index (χ0) is 14.8. The molecule has 0 radical (unpaired) electrons. The number of amides is 1. The molecule has 1 aromatic carbocycles. The molecule has 0 saturated heterocycles. The molecule has 0 bridgehead atoms. The summed E-state index contributed by atoms with van der Waals surface area (Å²) in [6.07, 6.45) is 3.66. The highest BCUT2D eigenvalue weighted by molar-refractivity contribution is 6.30. The van der Waals surface area contributed by atoms with Crippen LogP contribution in [0.25, 0.3) is 0 Å². The molecule has 20 heavy (non-hydrogen) atoms. The molecule has 0 heterocycles. The molecule has 3 atom stereocenters. The van der Waals surface area contributed by atoms with Gasteiger partial charge in [0.1, 0.15) is 0 Å². The van der Waals surface area contributed by atoms with Gasteiger partial charge in [-0.1, -0.05) is 30.2 Å². The van der Waals surface area contributed by atoms with Crippen LogP contribution in [0.3, 0.4) is 0 Å². The second kappa shape index (κ2) is 6.15. The number of benzene rings is 1. The van der Waals surface area contributed by atoms with Crippen molar-refractivity contribution >= 4 is 17.5 Å². The van der Waals surface area contributed by atoms with Crippen LogP contribution in [0.15, 0.2) is 24.3 Å². The highest BCUT2D eigenvalue weighted by Crippen LogP contribution is 2.36. The number of carbonyl (C=O) groups is 1. The molecule has 3 N–H and O–H groups in total. The van der Waals surface area contributed by atoms with Crippen LogP contribution >= 0.6 is 11.6 Å². The molecular weight excluding hydrogens is 272 g/mol. The van der Waals surface area contributed by atoms with Crippen LogP contribution in [0.1, 0.15) is 38.7 Å². The summed E-state index contributed by atoms with van der Waals surface area (Å²) in [6, 6.07) is 7.81. The van der Waals surface area contributed by atoms with Crippen LogP contribution in [-0.4, -0.2) is 18.0 Å². The molecule has 1 fully saturated rings. The van der Waals surface area contributed by atoms with Gasteiger partial charge in [-0.15, -0.1) is 0 Å². The third-order valence-electron chi connectivity index (χ3n) is 4.38. The normalized spacial score (nSPS) is 27.3. The summed E-state index contributed by atoms with van der Waals surface area (Å²) in [5.41, 5.74) is 6.84. The van der Waals surface area contributed by atoms with Crippen molar-refractivity contribution in [2.24, 2.45) is 11.1 Å². The molecule has 1 aliphatic carbocycles. The minimum Gasteiger partial charge on any atom is -0.353 e. The van der Waals surface area contributed by atoms with Crippen LogP contribution in [0.4, 0.5) is 0 Å². The van der Waals surface area contributed by atoms with E-state index in [0.29, 0.717) is 0 Å². The first-order valence-corrected chi connectivity index (χ1v) is 7.60. The molecule has 2 rings (SSSR count). The van der Waals surface area contributed by atoms with Crippen LogP contribution in [-0.2, 0) is 11.2 Å². The average molecular weight is 295 g/mol. The van der Waals surface area contributed by atoms with E-state index in [2.05, 4.69) is 5.32 Å². The topological polar surface area (TPSA) is 55.1 Å². The van der Waals surface area contributed by atoms with Crippen LogP contribution in [0.2, 0.25) is 5.02 Å². The van der Waals surface area contributed by atoms with Gasteiger partial charge in [0.2, 0.25) is 5.91 Å². The molecule has 3 nitrogen and oxygen atoms in total. The van der Waals surface area contributed by atoms with Crippen LogP contribution in [0, 0.1) is 5.41 Å². The molecule has 110 valence electrons. The number of hydrogen-bond acceptors (Lipinski definition) is 2. The lowest BCUT2D eigenvalue weighted by atomic mass is 9.84. The first kappa shape index (κ1) is 15.3. The van der Waals surface area contributed by atoms with Crippen molar-refractivity contribution in [2.45, 2.75) is 51.6 Å². The largest absolute Gasteiger partial charge is 0.353 e. The number of carbonyl (C=O) groups excluding carboxylic acids is 1. The molecular formula is C16H23ClN2O. The van der Waals surface area contributed by atoms with E-state index in [1.54, 1.807) is 0 Å². The Morgan fingerprint density at radius 2 is 2.15 bits per heavy atom. The lowest BCUT2D eigenvalue weighted by molar-refractivity contribution is -0.131. The zero-order valence-electron chi connectivity index (χ0n) is 12.2. The molecule has 1 aliphatic rings. The van der Waals surface area contributed by atoms with Crippen molar-refractivity contribution in [1.29, 1.82) is 0 Å². The van der Waals surface area contributed by atoms with Crippen LogP contribution < -0.4 is 11.1 Å². The Hall–Kier alpha value is -1.06. The molecule has 1 aromatic rings. The molecule has 1 amide bonds. The zero-order valence-corrected chi connectivity index (χ0v) is 12.9. The van der Waals surface area contributed by atoms with Crippen molar-refractivity contribution < 1.29 is 4.79 Å². The van der Waals surface area contributed by atoms with E-state index in [4.69, 9.17) is 17.3 Å². The Morgan fingerprint density at radius 1 is 1.50 bits per heavy atom. The standard InChI is InChI=1S/C16H23ClN2O/c1-11(10-12-5-7-13(17)8-6-12)19-15(20)16(2)9-3-4-14(16)18/h5-8,11,14H,3-4,9-10,18H2,1-2H3,(H,19,20). The second-order valence-electron chi connectivity index (χ2n) is 6.12. The maximum absolute atomic E-state index is 12.4. The van der Waals surface area contributed by atoms with Crippen molar-refractivity contribution in [2.75, 3.05) is 0 Å². The summed E-state index contributed by atoms with van der Waals surface area (Å²) < 4.78 is 0. The predicted octanol–water partition coefficient (Wildman–Crippen LogP) is 2.90. The fraction of sp³-hybridized carbons (Fsp3) is 0.562. The van der Waals surface area contributed by atoms with Gasteiger partial charge in [-0.2, -0.15) is 0 Å². The van der Waals surface area contributed by atoms with Crippen molar-refractivity contribution in [3.8, 4) is 0 Å². The minimum atomic E-state index is -0.408. The lowest BCUT2D eigenvalue weighted by Gasteiger charge is -2.29. The fourth-order valence-electron chi connectivity index (χ4n) is 2.89. The van der Waals surface area contributed by atoms with E-state index in [0.717, 1.165) is 30.7 Å². The smallest absolute Gasteiger partial charge is 0.227 e. The van der Waals surface area contributed by atoms with Gasteiger partial charge in [-0.3, -0.25) is 4.79 Å². The van der Waals surface area contributed by atoms with Gasteiger partial charge >= 0.3 is 0 Å². The van der Waals surface area contributed by atoms with Gasteiger partial charge in [-0.05, 0) is 50.8 Å². The van der Waals surface area contributed by atoms with Gasteiger partial charge in [-0.25, -0.2) is 0 Å². The maximum Gasteiger partial charge on any atom is 0.227 e. The summed E-state index contributed by atoms with van der Waals surface area (Å²) in [5, 5.41) is 3.84. The number of nitrogens with two attached hydrogens (primary N) is 1. The summed E-state index contributed by atoms with van der Waals surface area (Å²) in [7, 11) is 0. The predicted molar refractivity (Wildman–Crippen MR) is 82.7 cm³/mol. The molecule has 4 heteroatoms. The van der Waals surface area contributed by atoms with E-state index in [1.807, 2.05) is 38.1 Å². The third kappa shape index (κ3) is 3.33. The SMILES string of the molecule is CC(Cc1ccc(Cl)cc1)NC(=O)C1(C)CCCC1N. The Bertz CT molecular complexity index is 474. The second-order valence-corrected chi connectivity index (χ2v) is 6.56. The summed E-state index contributed by atoms with van der Waals surface area (Å²) in [4.78, 5) is 12.4. The Balaban J connectivity index is 1.92. The molecule has 0 aromatic heterocycles. The summed E-state index contributed by atoms with van der Waals surface area (Å²) in [5.74, 6) is 0.0870. The number of halogens is 1. The van der Waals surface area contributed by atoms with Gasteiger partial charge < -0.3 is 11.1 Å².